The Kier molecular flexibility index (Phi) is 6.85. The number of carbonyl (C=O) groups excluding carboxylic acids is 1. The molecular formula is C16H31N3O3S. The molecule has 1 N–H and O–H groups in total. The minimum atomic E-state index is -3.11. The Morgan fingerprint density at radius 3 is 2.35 bits per heavy atom. The second-order valence-corrected chi connectivity index (χ2v) is 9.00. The molecule has 23 heavy (non-hydrogen) atoms. The van der Waals surface area contributed by atoms with Crippen molar-refractivity contribution in [1.82, 2.24) is 14.5 Å². The van der Waals surface area contributed by atoms with Crippen molar-refractivity contribution in [3.8, 4) is 0 Å². The fourth-order valence-electron chi connectivity index (χ4n) is 3.49. The van der Waals surface area contributed by atoms with Gasteiger partial charge < -0.3 is 10.2 Å². The van der Waals surface area contributed by atoms with Crippen LogP contribution in [-0.2, 0) is 14.8 Å². The van der Waals surface area contributed by atoms with E-state index in [1.165, 1.54) is 30.2 Å². The molecule has 2 aliphatic heterocycles. The third kappa shape index (κ3) is 5.16. The highest BCUT2D eigenvalue weighted by atomic mass is 32.2. The highest BCUT2D eigenvalue weighted by molar-refractivity contribution is 7.89. The van der Waals surface area contributed by atoms with Crippen LogP contribution in [0.25, 0.3) is 0 Å². The van der Waals surface area contributed by atoms with Gasteiger partial charge in [0.15, 0.2) is 0 Å². The molecule has 134 valence electrons. The Hall–Kier alpha value is -0.660. The average molecular weight is 346 g/mol. The van der Waals surface area contributed by atoms with Crippen LogP contribution in [0.5, 0.6) is 0 Å². The number of hydrogen-bond acceptors (Lipinski definition) is 4. The van der Waals surface area contributed by atoms with Gasteiger partial charge in [0.1, 0.15) is 0 Å². The Labute approximate surface area is 140 Å². The van der Waals surface area contributed by atoms with Crippen molar-refractivity contribution in [1.29, 1.82) is 0 Å². The van der Waals surface area contributed by atoms with Gasteiger partial charge in [0.2, 0.25) is 15.9 Å². The van der Waals surface area contributed by atoms with Crippen LogP contribution in [0.4, 0.5) is 0 Å². The fraction of sp³-hybridized carbons (Fsp3) is 0.938. The molecule has 1 amide bonds. The third-order valence-corrected chi connectivity index (χ3v) is 7.09. The molecule has 0 unspecified atom stereocenters. The summed E-state index contributed by atoms with van der Waals surface area (Å²) in [5, 5.41) is 3.04. The molecular weight excluding hydrogens is 314 g/mol. The molecule has 2 heterocycles. The van der Waals surface area contributed by atoms with Gasteiger partial charge in [-0.05, 0) is 59.0 Å². The van der Waals surface area contributed by atoms with Gasteiger partial charge in [-0.15, -0.1) is 0 Å². The number of sulfonamides is 1. The zero-order chi connectivity index (χ0) is 16.9. The SMILES string of the molecule is CCS(=O)(=O)N1CCC(C(=O)NCC[C@H](C)N2CCCC2)CC1. The molecule has 0 saturated carbocycles. The van der Waals surface area contributed by atoms with Crippen molar-refractivity contribution in [2.75, 3.05) is 38.5 Å². The quantitative estimate of drug-likeness (QED) is 0.748. The standard InChI is InChI=1S/C16H31N3O3S/c1-3-23(21,22)19-12-7-15(8-13-19)16(20)17-9-6-14(2)18-10-4-5-11-18/h14-15H,3-13H2,1-2H3,(H,17,20)/t14-/m0/s1. The minimum absolute atomic E-state index is 0.0413. The van der Waals surface area contributed by atoms with E-state index in [1.807, 2.05) is 0 Å². The molecule has 6 nitrogen and oxygen atoms in total. The Bertz CT molecular complexity index is 481. The van der Waals surface area contributed by atoms with Crippen LogP contribution >= 0.6 is 0 Å². The number of likely N-dealkylation sites (tertiary alicyclic amines) is 1. The lowest BCUT2D eigenvalue weighted by molar-refractivity contribution is -0.126. The summed E-state index contributed by atoms with van der Waals surface area (Å²) in [7, 11) is -3.11. The van der Waals surface area contributed by atoms with Gasteiger partial charge in [-0.25, -0.2) is 12.7 Å². The minimum Gasteiger partial charge on any atom is -0.356 e. The first-order valence-corrected chi connectivity index (χ1v) is 10.5. The lowest BCUT2D eigenvalue weighted by Gasteiger charge is -2.30. The van der Waals surface area contributed by atoms with Crippen molar-refractivity contribution in [2.24, 2.45) is 5.92 Å². The zero-order valence-electron chi connectivity index (χ0n) is 14.5. The zero-order valence-corrected chi connectivity index (χ0v) is 15.3. The number of nitrogens with zero attached hydrogens (tertiary/aromatic N) is 2. The van der Waals surface area contributed by atoms with E-state index in [1.54, 1.807) is 6.92 Å². The number of rotatable bonds is 7. The first kappa shape index (κ1) is 18.7. The first-order valence-electron chi connectivity index (χ1n) is 8.93. The van der Waals surface area contributed by atoms with E-state index in [0.717, 1.165) is 6.42 Å². The van der Waals surface area contributed by atoms with Crippen LogP contribution in [0.15, 0.2) is 0 Å². The molecule has 1 atom stereocenters. The van der Waals surface area contributed by atoms with E-state index in [-0.39, 0.29) is 17.6 Å². The Morgan fingerprint density at radius 1 is 1.17 bits per heavy atom. The summed E-state index contributed by atoms with van der Waals surface area (Å²) in [4.78, 5) is 14.7. The van der Waals surface area contributed by atoms with E-state index in [9.17, 15) is 13.2 Å². The molecule has 2 fully saturated rings. The third-order valence-electron chi connectivity index (χ3n) is 5.21. The maximum absolute atomic E-state index is 12.2. The lowest BCUT2D eigenvalue weighted by atomic mass is 9.97. The van der Waals surface area contributed by atoms with Crippen LogP contribution in [0, 0.1) is 5.92 Å². The Morgan fingerprint density at radius 2 is 1.78 bits per heavy atom. The molecule has 0 bridgehead atoms. The molecule has 0 spiro atoms. The predicted octanol–water partition coefficient (Wildman–Crippen LogP) is 1.04. The number of piperidine rings is 1. The van der Waals surface area contributed by atoms with Crippen LogP contribution in [0.2, 0.25) is 0 Å². The highest BCUT2D eigenvalue weighted by Gasteiger charge is 2.30. The smallest absolute Gasteiger partial charge is 0.223 e. The monoisotopic (exact) mass is 345 g/mol. The summed E-state index contributed by atoms with van der Waals surface area (Å²) < 4.78 is 25.2. The molecule has 0 aliphatic carbocycles. The normalized spacial score (nSPS) is 23.0. The van der Waals surface area contributed by atoms with Gasteiger partial charge in [-0.2, -0.15) is 0 Å². The van der Waals surface area contributed by atoms with E-state index in [2.05, 4.69) is 17.1 Å². The number of carbonyl (C=O) groups is 1. The summed E-state index contributed by atoms with van der Waals surface area (Å²) >= 11 is 0. The lowest BCUT2D eigenvalue weighted by Crippen LogP contribution is -2.44. The molecule has 0 aromatic rings. The molecule has 7 heteroatoms. The molecule has 0 radical (unpaired) electrons. The topological polar surface area (TPSA) is 69.7 Å². The summed E-state index contributed by atoms with van der Waals surface area (Å²) in [5.41, 5.74) is 0. The Balaban J connectivity index is 1.67. The summed E-state index contributed by atoms with van der Waals surface area (Å²) in [6.07, 6.45) is 4.82. The van der Waals surface area contributed by atoms with Crippen LogP contribution in [0.1, 0.15) is 46.0 Å². The maximum atomic E-state index is 12.2. The van der Waals surface area contributed by atoms with Crippen molar-refractivity contribution >= 4 is 15.9 Å². The van der Waals surface area contributed by atoms with Crippen LogP contribution in [0.3, 0.4) is 0 Å². The first-order chi connectivity index (χ1) is 10.9. The largest absolute Gasteiger partial charge is 0.356 e. The van der Waals surface area contributed by atoms with Crippen LogP contribution < -0.4 is 5.32 Å². The van der Waals surface area contributed by atoms with Gasteiger partial charge in [0.05, 0.1) is 5.75 Å². The van der Waals surface area contributed by atoms with E-state index in [0.29, 0.717) is 38.5 Å². The molecule has 2 rings (SSSR count). The van der Waals surface area contributed by atoms with Crippen molar-refractivity contribution in [3.05, 3.63) is 0 Å². The van der Waals surface area contributed by atoms with Gasteiger partial charge in [0.25, 0.3) is 0 Å². The second-order valence-electron chi connectivity index (χ2n) is 6.75. The molecule has 2 saturated heterocycles. The van der Waals surface area contributed by atoms with Crippen molar-refractivity contribution in [2.45, 2.75) is 52.0 Å². The van der Waals surface area contributed by atoms with E-state index >= 15 is 0 Å². The number of hydrogen-bond donors (Lipinski definition) is 1. The molecule has 0 aromatic carbocycles. The molecule has 0 aromatic heterocycles. The number of nitrogens with one attached hydrogen (secondary N) is 1. The van der Waals surface area contributed by atoms with Crippen LogP contribution in [-0.4, -0.2) is 68.0 Å². The summed E-state index contributed by atoms with van der Waals surface area (Å²) in [5.74, 6) is 0.186. The van der Waals surface area contributed by atoms with Gasteiger partial charge >= 0.3 is 0 Å². The van der Waals surface area contributed by atoms with Gasteiger partial charge in [-0.1, -0.05) is 0 Å². The molecule has 2 aliphatic rings. The summed E-state index contributed by atoms with van der Waals surface area (Å²) in [6.45, 7) is 7.90. The maximum Gasteiger partial charge on any atom is 0.223 e. The van der Waals surface area contributed by atoms with Gasteiger partial charge in [0, 0.05) is 31.6 Å². The summed E-state index contributed by atoms with van der Waals surface area (Å²) in [6, 6.07) is 0.523. The predicted molar refractivity (Wildman–Crippen MR) is 91.7 cm³/mol. The highest BCUT2D eigenvalue weighted by Crippen LogP contribution is 2.20. The number of amides is 1. The second kappa shape index (κ2) is 8.44. The fourth-order valence-corrected chi connectivity index (χ4v) is 4.62. The van der Waals surface area contributed by atoms with E-state index < -0.39 is 10.0 Å². The average Bonchev–Trinajstić information content (AvgIpc) is 3.09. The van der Waals surface area contributed by atoms with Gasteiger partial charge in [-0.3, -0.25) is 4.79 Å². The van der Waals surface area contributed by atoms with Crippen molar-refractivity contribution in [3.63, 3.8) is 0 Å². The van der Waals surface area contributed by atoms with Crippen molar-refractivity contribution < 1.29 is 13.2 Å². The van der Waals surface area contributed by atoms with E-state index in [4.69, 9.17) is 0 Å².